The van der Waals surface area contributed by atoms with Crippen LogP contribution in [0.25, 0.3) is 0 Å². The van der Waals surface area contributed by atoms with E-state index in [1.165, 1.54) is 0 Å². The number of benzene rings is 1. The molecule has 0 atom stereocenters. The van der Waals surface area contributed by atoms with Crippen LogP contribution in [0.3, 0.4) is 0 Å². The van der Waals surface area contributed by atoms with Gasteiger partial charge in [0, 0.05) is 0 Å². The molecule has 0 spiro atoms. The zero-order valence-corrected chi connectivity index (χ0v) is 9.56. The third-order valence-electron chi connectivity index (χ3n) is 2.60. The number of carboxylic acid groups (broad SMARTS) is 1. The van der Waals surface area contributed by atoms with Gasteiger partial charge in [0.2, 0.25) is 0 Å². The Hall–Kier alpha value is -1.52. The highest BCUT2D eigenvalue weighted by Crippen LogP contribution is 2.32. The van der Waals surface area contributed by atoms with E-state index in [4.69, 9.17) is 5.11 Å². The van der Waals surface area contributed by atoms with Gasteiger partial charge in [-0.05, 0) is 36.1 Å². The van der Waals surface area contributed by atoms with Crippen LogP contribution >= 0.6 is 0 Å². The summed E-state index contributed by atoms with van der Waals surface area (Å²) >= 11 is 0. The van der Waals surface area contributed by atoms with E-state index < -0.39 is 17.7 Å². The Morgan fingerprint density at radius 3 is 1.82 bits per heavy atom. The zero-order chi connectivity index (χ0) is 13.2. The van der Waals surface area contributed by atoms with Crippen molar-refractivity contribution >= 4 is 5.97 Å². The van der Waals surface area contributed by atoms with Crippen molar-refractivity contribution in [1.82, 2.24) is 0 Å². The monoisotopic (exact) mass is 246 g/mol. The van der Waals surface area contributed by atoms with E-state index in [1.807, 2.05) is 0 Å². The Bertz CT molecular complexity index is 411. The van der Waals surface area contributed by atoms with Crippen LogP contribution in [0.15, 0.2) is 12.1 Å². The van der Waals surface area contributed by atoms with Gasteiger partial charge in [-0.3, -0.25) is 0 Å². The molecule has 0 aliphatic rings. The summed E-state index contributed by atoms with van der Waals surface area (Å²) in [6.45, 7) is 3.28. The standard InChI is InChI=1S/C12H13F3O2/c1-3-7-5-9(12(13,14)15)6-8(4-2)10(7)11(16)17/h5-6H,3-4H2,1-2H3,(H,16,17). The lowest BCUT2D eigenvalue weighted by Gasteiger charge is -2.14. The number of alkyl halides is 3. The lowest BCUT2D eigenvalue weighted by molar-refractivity contribution is -0.137. The molecule has 5 heteroatoms. The van der Waals surface area contributed by atoms with Gasteiger partial charge < -0.3 is 5.11 Å². The first kappa shape index (κ1) is 13.5. The second kappa shape index (κ2) is 4.77. The molecule has 0 aromatic heterocycles. The molecule has 0 amide bonds. The van der Waals surface area contributed by atoms with Crippen LogP contribution in [0.2, 0.25) is 0 Å². The first-order valence-electron chi connectivity index (χ1n) is 5.27. The molecule has 0 saturated heterocycles. The minimum atomic E-state index is -4.44. The summed E-state index contributed by atoms with van der Waals surface area (Å²) in [7, 11) is 0. The molecule has 0 unspecified atom stereocenters. The van der Waals surface area contributed by atoms with E-state index in [0.717, 1.165) is 12.1 Å². The summed E-state index contributed by atoms with van der Waals surface area (Å²) in [4.78, 5) is 11.0. The topological polar surface area (TPSA) is 37.3 Å². The van der Waals surface area contributed by atoms with Crippen molar-refractivity contribution in [3.05, 3.63) is 34.4 Å². The third kappa shape index (κ3) is 2.78. The lowest BCUT2D eigenvalue weighted by atomic mass is 9.94. The summed E-state index contributed by atoms with van der Waals surface area (Å²) in [5.41, 5.74) is -0.326. The summed E-state index contributed by atoms with van der Waals surface area (Å²) < 4.78 is 37.8. The normalized spacial score (nSPS) is 11.6. The van der Waals surface area contributed by atoms with Gasteiger partial charge in [0.15, 0.2) is 0 Å². The van der Waals surface area contributed by atoms with E-state index in [2.05, 4.69) is 0 Å². The molecule has 0 bridgehead atoms. The van der Waals surface area contributed by atoms with E-state index in [0.29, 0.717) is 0 Å². The Kier molecular flexibility index (Phi) is 3.80. The largest absolute Gasteiger partial charge is 0.478 e. The van der Waals surface area contributed by atoms with E-state index in [-0.39, 0.29) is 29.5 Å². The van der Waals surface area contributed by atoms with Gasteiger partial charge >= 0.3 is 12.1 Å². The van der Waals surface area contributed by atoms with Crippen LogP contribution in [0.5, 0.6) is 0 Å². The van der Waals surface area contributed by atoms with Gasteiger partial charge in [0.1, 0.15) is 0 Å². The lowest BCUT2D eigenvalue weighted by Crippen LogP contribution is -2.12. The second-order valence-corrected chi connectivity index (χ2v) is 3.68. The van der Waals surface area contributed by atoms with Crippen molar-refractivity contribution in [2.75, 3.05) is 0 Å². The number of hydrogen-bond acceptors (Lipinski definition) is 1. The average Bonchev–Trinajstić information content (AvgIpc) is 2.25. The van der Waals surface area contributed by atoms with E-state index in [1.54, 1.807) is 13.8 Å². The number of halogens is 3. The predicted octanol–water partition coefficient (Wildman–Crippen LogP) is 3.53. The summed E-state index contributed by atoms with van der Waals surface area (Å²) in [6.07, 6.45) is -3.91. The number of rotatable bonds is 3. The molecule has 0 radical (unpaired) electrons. The van der Waals surface area contributed by atoms with Crippen LogP contribution in [0.1, 0.15) is 40.9 Å². The Morgan fingerprint density at radius 2 is 1.59 bits per heavy atom. The van der Waals surface area contributed by atoms with Crippen molar-refractivity contribution in [2.45, 2.75) is 32.9 Å². The molecule has 1 aromatic rings. The molecule has 0 saturated carbocycles. The van der Waals surface area contributed by atoms with E-state index >= 15 is 0 Å². The van der Waals surface area contributed by atoms with Gasteiger partial charge in [-0.1, -0.05) is 13.8 Å². The van der Waals surface area contributed by atoms with Crippen molar-refractivity contribution in [3.63, 3.8) is 0 Å². The third-order valence-corrected chi connectivity index (χ3v) is 2.60. The van der Waals surface area contributed by atoms with Crippen LogP contribution in [-0.4, -0.2) is 11.1 Å². The zero-order valence-electron chi connectivity index (χ0n) is 9.56. The molecule has 0 heterocycles. The van der Waals surface area contributed by atoms with Crippen LogP contribution in [0, 0.1) is 0 Å². The molecule has 1 aromatic carbocycles. The van der Waals surface area contributed by atoms with Crippen molar-refractivity contribution in [2.24, 2.45) is 0 Å². The number of aromatic carboxylic acids is 1. The Balaban J connectivity index is 3.50. The summed E-state index contributed by atoms with van der Waals surface area (Å²) in [5, 5.41) is 9.02. The fraction of sp³-hybridized carbons (Fsp3) is 0.417. The fourth-order valence-corrected chi connectivity index (χ4v) is 1.76. The molecular weight excluding hydrogens is 233 g/mol. The molecule has 1 N–H and O–H groups in total. The van der Waals surface area contributed by atoms with Gasteiger partial charge in [0.25, 0.3) is 0 Å². The smallest absolute Gasteiger partial charge is 0.416 e. The number of hydrogen-bond donors (Lipinski definition) is 1. The number of carbonyl (C=O) groups is 1. The minimum absolute atomic E-state index is 0.00278. The molecule has 0 aliphatic carbocycles. The maximum atomic E-state index is 12.6. The molecule has 2 nitrogen and oxygen atoms in total. The fourth-order valence-electron chi connectivity index (χ4n) is 1.76. The van der Waals surface area contributed by atoms with E-state index in [9.17, 15) is 18.0 Å². The minimum Gasteiger partial charge on any atom is -0.478 e. The Labute approximate surface area is 97.1 Å². The SMILES string of the molecule is CCc1cc(C(F)(F)F)cc(CC)c1C(=O)O. The summed E-state index contributed by atoms with van der Waals surface area (Å²) in [6, 6.07) is 1.84. The molecule has 94 valence electrons. The number of carboxylic acids is 1. The predicted molar refractivity (Wildman–Crippen MR) is 57.2 cm³/mol. The molecule has 17 heavy (non-hydrogen) atoms. The highest BCUT2D eigenvalue weighted by atomic mass is 19.4. The van der Waals surface area contributed by atoms with Gasteiger partial charge in [0.05, 0.1) is 11.1 Å². The highest BCUT2D eigenvalue weighted by Gasteiger charge is 2.32. The van der Waals surface area contributed by atoms with Gasteiger partial charge in [-0.25, -0.2) is 4.79 Å². The molecule has 1 rings (SSSR count). The first-order chi connectivity index (χ1) is 7.81. The molecule has 0 fully saturated rings. The Morgan fingerprint density at radius 1 is 1.18 bits per heavy atom. The average molecular weight is 246 g/mol. The van der Waals surface area contributed by atoms with Crippen molar-refractivity contribution in [1.29, 1.82) is 0 Å². The van der Waals surface area contributed by atoms with Crippen LogP contribution in [0.4, 0.5) is 13.2 Å². The van der Waals surface area contributed by atoms with Gasteiger partial charge in [-0.15, -0.1) is 0 Å². The van der Waals surface area contributed by atoms with Crippen molar-refractivity contribution in [3.8, 4) is 0 Å². The molecule has 0 aliphatic heterocycles. The maximum absolute atomic E-state index is 12.6. The van der Waals surface area contributed by atoms with Crippen LogP contribution in [-0.2, 0) is 19.0 Å². The highest BCUT2D eigenvalue weighted by molar-refractivity contribution is 5.91. The van der Waals surface area contributed by atoms with Crippen LogP contribution < -0.4 is 0 Å². The van der Waals surface area contributed by atoms with Gasteiger partial charge in [-0.2, -0.15) is 13.2 Å². The summed E-state index contributed by atoms with van der Waals surface area (Å²) in [5.74, 6) is -1.17. The maximum Gasteiger partial charge on any atom is 0.416 e. The molecular formula is C12H13F3O2. The quantitative estimate of drug-likeness (QED) is 0.885. The second-order valence-electron chi connectivity index (χ2n) is 3.68. The first-order valence-corrected chi connectivity index (χ1v) is 5.27. The van der Waals surface area contributed by atoms with Crippen molar-refractivity contribution < 1.29 is 23.1 Å². The number of aryl methyl sites for hydroxylation is 2.